The summed E-state index contributed by atoms with van der Waals surface area (Å²) in [4.78, 5) is 38.0. The van der Waals surface area contributed by atoms with Crippen molar-refractivity contribution >= 4 is 40.9 Å². The number of nitrogens with zero attached hydrogens (tertiary/aromatic N) is 1. The summed E-state index contributed by atoms with van der Waals surface area (Å²) in [7, 11) is 1.43. The fourth-order valence-corrected chi connectivity index (χ4v) is 4.48. The molecule has 3 amide bonds. The van der Waals surface area contributed by atoms with Gasteiger partial charge in [-0.2, -0.15) is 0 Å². The molecule has 40 heavy (non-hydrogen) atoms. The number of para-hydroxylation sites is 1. The van der Waals surface area contributed by atoms with Crippen molar-refractivity contribution < 1.29 is 39.2 Å². The molecule has 1 heterocycles. The highest BCUT2D eigenvalue weighted by Crippen LogP contribution is 2.28. The Balaban J connectivity index is 1.40. The molecule has 4 rings (SSSR count). The number of urea groups is 1. The molecule has 11 nitrogen and oxygen atoms in total. The lowest BCUT2D eigenvalue weighted by atomic mass is 10.1. The van der Waals surface area contributed by atoms with Crippen molar-refractivity contribution in [2.75, 3.05) is 30.9 Å². The standard InChI is InChI=1S/C28H28ClN3O8/c1-39-24-12-16(6-11-21(24)31-28(38)30-20-5-3-2-4-19(20)29)13-25(34)32-14-23(33)26(35)22(32)15-40-18-9-7-17(8-10-18)27(36)37/h2-12,22-23,26,33,35H,13-15H2,1H3,(H,36,37)(H2,30,31,38)/t22-,23+,26-/m1/s1. The molecule has 0 unspecified atom stereocenters. The van der Waals surface area contributed by atoms with Crippen molar-refractivity contribution in [3.05, 3.63) is 82.9 Å². The molecule has 1 aliphatic rings. The highest BCUT2D eigenvalue weighted by Gasteiger charge is 2.42. The second-order valence-corrected chi connectivity index (χ2v) is 9.49. The molecule has 0 saturated carbocycles. The van der Waals surface area contributed by atoms with Crippen molar-refractivity contribution in [2.45, 2.75) is 24.7 Å². The Labute approximate surface area is 234 Å². The second kappa shape index (κ2) is 12.7. The number of carbonyl (C=O) groups excluding carboxylic acids is 2. The first kappa shape index (κ1) is 28.7. The number of ether oxygens (including phenoxy) is 2. The minimum Gasteiger partial charge on any atom is -0.495 e. The number of carboxylic acid groups (broad SMARTS) is 1. The number of benzene rings is 3. The van der Waals surface area contributed by atoms with Gasteiger partial charge >= 0.3 is 12.0 Å². The molecule has 12 heteroatoms. The smallest absolute Gasteiger partial charge is 0.335 e. The number of rotatable bonds is 9. The highest BCUT2D eigenvalue weighted by molar-refractivity contribution is 6.33. The molecule has 0 radical (unpaired) electrons. The largest absolute Gasteiger partial charge is 0.495 e. The Morgan fingerprint density at radius 1 is 1.00 bits per heavy atom. The van der Waals surface area contributed by atoms with Gasteiger partial charge in [0.1, 0.15) is 24.2 Å². The zero-order chi connectivity index (χ0) is 28.8. The van der Waals surface area contributed by atoms with E-state index in [4.69, 9.17) is 26.2 Å². The molecule has 3 aromatic carbocycles. The van der Waals surface area contributed by atoms with Gasteiger partial charge in [0.15, 0.2) is 0 Å². The lowest BCUT2D eigenvalue weighted by molar-refractivity contribution is -0.132. The van der Waals surface area contributed by atoms with E-state index in [1.165, 1.54) is 36.3 Å². The van der Waals surface area contributed by atoms with Crippen LogP contribution in [0.3, 0.4) is 0 Å². The van der Waals surface area contributed by atoms with Crippen LogP contribution in [0.4, 0.5) is 16.2 Å². The van der Waals surface area contributed by atoms with Gasteiger partial charge in [-0.3, -0.25) is 4.79 Å². The number of anilines is 2. The summed E-state index contributed by atoms with van der Waals surface area (Å²) in [5, 5.41) is 35.5. The molecule has 3 aromatic rings. The molecule has 0 aliphatic carbocycles. The third-order valence-electron chi connectivity index (χ3n) is 6.41. The number of halogens is 1. The van der Waals surface area contributed by atoms with E-state index in [1.54, 1.807) is 42.5 Å². The van der Waals surface area contributed by atoms with Crippen LogP contribution in [-0.2, 0) is 11.2 Å². The van der Waals surface area contributed by atoms with Gasteiger partial charge in [0.05, 0.1) is 47.6 Å². The van der Waals surface area contributed by atoms with E-state index in [9.17, 15) is 24.6 Å². The number of nitrogens with one attached hydrogen (secondary N) is 2. The summed E-state index contributed by atoms with van der Waals surface area (Å²) in [5.41, 5.74) is 1.49. The molecular weight excluding hydrogens is 542 g/mol. The number of hydrogen-bond donors (Lipinski definition) is 5. The Bertz CT molecular complexity index is 1380. The van der Waals surface area contributed by atoms with E-state index >= 15 is 0 Å². The quantitative estimate of drug-likeness (QED) is 0.263. The summed E-state index contributed by atoms with van der Waals surface area (Å²) in [6.45, 7) is -0.186. The third-order valence-corrected chi connectivity index (χ3v) is 6.74. The average Bonchev–Trinajstić information content (AvgIpc) is 3.22. The number of aliphatic hydroxyl groups is 2. The maximum atomic E-state index is 13.2. The summed E-state index contributed by atoms with van der Waals surface area (Å²) < 4.78 is 11.1. The lowest BCUT2D eigenvalue weighted by Crippen LogP contribution is -2.44. The predicted octanol–water partition coefficient (Wildman–Crippen LogP) is 3.24. The van der Waals surface area contributed by atoms with Gasteiger partial charge in [-0.25, -0.2) is 9.59 Å². The number of likely N-dealkylation sites (tertiary alicyclic amines) is 1. The van der Waals surface area contributed by atoms with Crippen molar-refractivity contribution in [3.63, 3.8) is 0 Å². The molecule has 210 valence electrons. The Morgan fingerprint density at radius 2 is 1.70 bits per heavy atom. The van der Waals surface area contributed by atoms with E-state index in [-0.39, 0.29) is 31.0 Å². The van der Waals surface area contributed by atoms with Gasteiger partial charge < -0.3 is 40.3 Å². The van der Waals surface area contributed by atoms with E-state index < -0.39 is 30.3 Å². The fourth-order valence-electron chi connectivity index (χ4n) is 4.30. The molecule has 0 spiro atoms. The summed E-state index contributed by atoms with van der Waals surface area (Å²) >= 11 is 6.09. The van der Waals surface area contributed by atoms with Crippen molar-refractivity contribution in [2.24, 2.45) is 0 Å². The zero-order valence-electron chi connectivity index (χ0n) is 21.4. The van der Waals surface area contributed by atoms with Crippen LogP contribution in [-0.4, -0.2) is 76.6 Å². The fraction of sp³-hybridized carbons (Fsp3) is 0.250. The Hall–Kier alpha value is -4.32. The van der Waals surface area contributed by atoms with Crippen molar-refractivity contribution in [1.29, 1.82) is 0 Å². The minimum atomic E-state index is -1.22. The number of hydrogen-bond acceptors (Lipinski definition) is 7. The Morgan fingerprint density at radius 3 is 2.38 bits per heavy atom. The van der Waals surface area contributed by atoms with Crippen LogP contribution in [0.25, 0.3) is 0 Å². The average molecular weight is 570 g/mol. The normalized spacial score (nSPS) is 18.2. The topological polar surface area (TPSA) is 158 Å². The minimum absolute atomic E-state index is 0.0638. The van der Waals surface area contributed by atoms with Crippen LogP contribution in [0.2, 0.25) is 5.02 Å². The summed E-state index contributed by atoms with van der Waals surface area (Å²) in [5.74, 6) is -0.744. The number of β-amino-alcohol motifs (C(OH)–C–C–N with tert-alkyl or cyclic N) is 1. The van der Waals surface area contributed by atoms with Gasteiger partial charge in [0.2, 0.25) is 5.91 Å². The zero-order valence-corrected chi connectivity index (χ0v) is 22.2. The molecule has 1 aliphatic heterocycles. The highest BCUT2D eigenvalue weighted by atomic mass is 35.5. The van der Waals surface area contributed by atoms with E-state index in [2.05, 4.69) is 10.6 Å². The number of carboxylic acids is 1. The van der Waals surface area contributed by atoms with Crippen LogP contribution in [0.15, 0.2) is 66.7 Å². The monoisotopic (exact) mass is 569 g/mol. The number of aromatic carboxylic acids is 1. The molecule has 3 atom stereocenters. The van der Waals surface area contributed by atoms with Gasteiger partial charge in [0, 0.05) is 6.54 Å². The number of carbonyl (C=O) groups is 3. The second-order valence-electron chi connectivity index (χ2n) is 9.08. The van der Waals surface area contributed by atoms with Crippen LogP contribution < -0.4 is 20.1 Å². The SMILES string of the molecule is COc1cc(CC(=O)N2C[C@H](O)[C@H](O)[C@H]2COc2ccc(C(=O)O)cc2)ccc1NC(=O)Nc1ccccc1Cl. The van der Waals surface area contributed by atoms with Crippen LogP contribution in [0.1, 0.15) is 15.9 Å². The number of aliphatic hydroxyl groups excluding tert-OH is 2. The van der Waals surface area contributed by atoms with Crippen LogP contribution in [0.5, 0.6) is 11.5 Å². The molecule has 0 bridgehead atoms. The molecule has 1 fully saturated rings. The first-order valence-corrected chi connectivity index (χ1v) is 12.6. The lowest BCUT2D eigenvalue weighted by Gasteiger charge is -2.26. The molecule has 1 saturated heterocycles. The maximum Gasteiger partial charge on any atom is 0.335 e. The Kier molecular flexibility index (Phi) is 9.10. The van der Waals surface area contributed by atoms with Crippen molar-refractivity contribution in [3.8, 4) is 11.5 Å². The molecule has 5 N–H and O–H groups in total. The van der Waals surface area contributed by atoms with Gasteiger partial charge in [0.25, 0.3) is 0 Å². The van der Waals surface area contributed by atoms with E-state index in [0.29, 0.717) is 33.5 Å². The first-order valence-electron chi connectivity index (χ1n) is 12.3. The number of amides is 3. The van der Waals surface area contributed by atoms with Crippen LogP contribution in [0, 0.1) is 0 Å². The van der Waals surface area contributed by atoms with E-state index in [1.807, 2.05) is 0 Å². The van der Waals surface area contributed by atoms with Gasteiger partial charge in [-0.15, -0.1) is 0 Å². The van der Waals surface area contributed by atoms with Crippen molar-refractivity contribution in [1.82, 2.24) is 4.90 Å². The van der Waals surface area contributed by atoms with Gasteiger partial charge in [-0.1, -0.05) is 29.8 Å². The first-order chi connectivity index (χ1) is 19.2. The molecular formula is C28H28ClN3O8. The van der Waals surface area contributed by atoms with Gasteiger partial charge in [-0.05, 0) is 54.1 Å². The summed E-state index contributed by atoms with van der Waals surface area (Å²) in [6.07, 6.45) is -2.43. The third kappa shape index (κ3) is 6.81. The maximum absolute atomic E-state index is 13.2. The van der Waals surface area contributed by atoms with E-state index in [0.717, 1.165) is 0 Å². The van der Waals surface area contributed by atoms with Crippen LogP contribution >= 0.6 is 11.6 Å². The summed E-state index contributed by atoms with van der Waals surface area (Å²) in [6, 6.07) is 16.0. The number of methoxy groups -OCH3 is 1. The predicted molar refractivity (Wildman–Crippen MR) is 147 cm³/mol. The molecule has 0 aromatic heterocycles.